The van der Waals surface area contributed by atoms with E-state index in [1.165, 1.54) is 17.8 Å². The van der Waals surface area contributed by atoms with Gasteiger partial charge in [0.15, 0.2) is 15.0 Å². The van der Waals surface area contributed by atoms with Gasteiger partial charge in [0.25, 0.3) is 0 Å². The number of hydrogen-bond acceptors (Lipinski definition) is 6. The molecule has 0 saturated heterocycles. The molecule has 2 rings (SSSR count). The van der Waals surface area contributed by atoms with Crippen LogP contribution in [0.2, 0.25) is 0 Å². The van der Waals surface area contributed by atoms with Crippen LogP contribution < -0.4 is 5.73 Å². The second kappa shape index (κ2) is 5.03. The Kier molecular flexibility index (Phi) is 3.63. The second-order valence-corrected chi connectivity index (χ2v) is 6.76. The number of anilines is 1. The quantitative estimate of drug-likeness (QED) is 0.914. The molecular formula is C11H13N3O2S2. The SMILES string of the molecule is CS(=O)(=O)c1ccc(CCc2nsc(N)n2)cc1. The van der Waals surface area contributed by atoms with Crippen molar-refractivity contribution in [2.24, 2.45) is 0 Å². The zero-order chi connectivity index (χ0) is 13.2. The van der Waals surface area contributed by atoms with E-state index >= 15 is 0 Å². The van der Waals surface area contributed by atoms with Crippen LogP contribution in [0.25, 0.3) is 0 Å². The summed E-state index contributed by atoms with van der Waals surface area (Å²) in [4.78, 5) is 4.41. The summed E-state index contributed by atoms with van der Waals surface area (Å²) in [5.41, 5.74) is 6.55. The molecule has 7 heteroatoms. The van der Waals surface area contributed by atoms with Gasteiger partial charge in [-0.2, -0.15) is 4.37 Å². The first-order chi connectivity index (χ1) is 8.45. The maximum Gasteiger partial charge on any atom is 0.199 e. The smallest absolute Gasteiger partial charge is 0.199 e. The molecule has 0 fully saturated rings. The van der Waals surface area contributed by atoms with Gasteiger partial charge in [-0.25, -0.2) is 13.4 Å². The largest absolute Gasteiger partial charge is 0.374 e. The molecule has 0 aliphatic carbocycles. The van der Waals surface area contributed by atoms with Crippen molar-refractivity contribution in [3.05, 3.63) is 35.7 Å². The predicted octanol–water partition coefficient (Wildman–Crippen LogP) is 1.31. The zero-order valence-electron chi connectivity index (χ0n) is 9.83. The van der Waals surface area contributed by atoms with E-state index in [1.807, 2.05) is 12.1 Å². The fraction of sp³-hybridized carbons (Fsp3) is 0.273. The van der Waals surface area contributed by atoms with Crippen LogP contribution in [0.5, 0.6) is 0 Å². The Labute approximate surface area is 110 Å². The van der Waals surface area contributed by atoms with E-state index in [0.717, 1.165) is 17.8 Å². The van der Waals surface area contributed by atoms with Crippen molar-refractivity contribution in [1.82, 2.24) is 9.36 Å². The number of rotatable bonds is 4. The first kappa shape index (κ1) is 13.0. The molecule has 1 aromatic heterocycles. The molecule has 2 N–H and O–H groups in total. The van der Waals surface area contributed by atoms with Crippen molar-refractivity contribution < 1.29 is 8.42 Å². The van der Waals surface area contributed by atoms with Gasteiger partial charge in [0.2, 0.25) is 0 Å². The minimum atomic E-state index is -3.12. The molecule has 0 aliphatic heterocycles. The molecule has 0 radical (unpaired) electrons. The molecule has 5 nitrogen and oxygen atoms in total. The van der Waals surface area contributed by atoms with Gasteiger partial charge in [-0.15, -0.1) is 0 Å². The van der Waals surface area contributed by atoms with Crippen LogP contribution in [0.1, 0.15) is 11.4 Å². The number of nitrogen functional groups attached to an aromatic ring is 1. The molecule has 0 spiro atoms. The lowest BCUT2D eigenvalue weighted by atomic mass is 10.1. The van der Waals surface area contributed by atoms with Gasteiger partial charge in [0, 0.05) is 24.2 Å². The standard InChI is InChI=1S/C11H13N3O2S2/c1-18(15,16)9-5-2-8(3-6-9)4-7-10-13-11(12)17-14-10/h2-3,5-6H,4,7H2,1H3,(H2,12,13,14). The molecule has 2 aromatic rings. The van der Waals surface area contributed by atoms with Gasteiger partial charge in [-0.3, -0.25) is 0 Å². The molecule has 1 aromatic carbocycles. The lowest BCUT2D eigenvalue weighted by molar-refractivity contribution is 0.602. The molecule has 96 valence electrons. The van der Waals surface area contributed by atoms with E-state index in [9.17, 15) is 8.42 Å². The van der Waals surface area contributed by atoms with E-state index in [1.54, 1.807) is 12.1 Å². The van der Waals surface area contributed by atoms with Crippen LogP contribution in [0.4, 0.5) is 5.13 Å². The molecule has 18 heavy (non-hydrogen) atoms. The fourth-order valence-electron chi connectivity index (χ4n) is 1.53. The van der Waals surface area contributed by atoms with Crippen LogP contribution >= 0.6 is 11.5 Å². The minimum absolute atomic E-state index is 0.335. The van der Waals surface area contributed by atoms with Crippen LogP contribution in [-0.2, 0) is 22.7 Å². The van der Waals surface area contributed by atoms with Gasteiger partial charge in [-0.05, 0) is 24.1 Å². The van der Waals surface area contributed by atoms with Crippen molar-refractivity contribution in [3.63, 3.8) is 0 Å². The Morgan fingerprint density at radius 1 is 1.22 bits per heavy atom. The number of hydrogen-bond donors (Lipinski definition) is 1. The van der Waals surface area contributed by atoms with Crippen molar-refractivity contribution in [2.45, 2.75) is 17.7 Å². The number of sulfone groups is 1. The molecule has 0 saturated carbocycles. The summed E-state index contributed by atoms with van der Waals surface area (Å²) < 4.78 is 26.7. The average Bonchev–Trinajstić information content (AvgIpc) is 2.72. The summed E-state index contributed by atoms with van der Waals surface area (Å²) in [5.74, 6) is 0.727. The lowest BCUT2D eigenvalue weighted by Gasteiger charge is -2.01. The monoisotopic (exact) mass is 283 g/mol. The van der Waals surface area contributed by atoms with Gasteiger partial charge in [-0.1, -0.05) is 12.1 Å². The van der Waals surface area contributed by atoms with Crippen molar-refractivity contribution in [1.29, 1.82) is 0 Å². The van der Waals surface area contributed by atoms with Crippen LogP contribution in [-0.4, -0.2) is 24.0 Å². The highest BCUT2D eigenvalue weighted by Gasteiger charge is 2.07. The first-order valence-corrected chi connectivity index (χ1v) is 7.99. The van der Waals surface area contributed by atoms with E-state index in [0.29, 0.717) is 16.4 Å². The van der Waals surface area contributed by atoms with Crippen LogP contribution in [0.3, 0.4) is 0 Å². The normalized spacial score (nSPS) is 11.6. The summed E-state index contributed by atoms with van der Waals surface area (Å²) in [6.45, 7) is 0. The minimum Gasteiger partial charge on any atom is -0.374 e. The van der Waals surface area contributed by atoms with Gasteiger partial charge < -0.3 is 5.73 Å². The molecular weight excluding hydrogens is 270 g/mol. The van der Waals surface area contributed by atoms with Crippen molar-refractivity contribution >= 4 is 26.5 Å². The molecule has 0 atom stereocenters. The molecule has 0 amide bonds. The highest BCUT2D eigenvalue weighted by atomic mass is 32.2. The highest BCUT2D eigenvalue weighted by molar-refractivity contribution is 7.90. The van der Waals surface area contributed by atoms with E-state index < -0.39 is 9.84 Å². The maximum absolute atomic E-state index is 11.3. The predicted molar refractivity (Wildman–Crippen MR) is 71.3 cm³/mol. The Balaban J connectivity index is 2.03. The fourth-order valence-corrected chi connectivity index (χ4v) is 2.64. The molecule has 0 bridgehead atoms. The number of benzene rings is 1. The van der Waals surface area contributed by atoms with E-state index in [-0.39, 0.29) is 0 Å². The van der Waals surface area contributed by atoms with Gasteiger partial charge in [0.1, 0.15) is 5.82 Å². The Morgan fingerprint density at radius 2 is 1.89 bits per heavy atom. The highest BCUT2D eigenvalue weighted by Crippen LogP contribution is 2.13. The van der Waals surface area contributed by atoms with Crippen molar-refractivity contribution in [2.75, 3.05) is 12.0 Å². The van der Waals surface area contributed by atoms with Gasteiger partial charge in [0.05, 0.1) is 4.90 Å². The number of aryl methyl sites for hydroxylation is 2. The van der Waals surface area contributed by atoms with Crippen molar-refractivity contribution in [3.8, 4) is 0 Å². The van der Waals surface area contributed by atoms with Gasteiger partial charge >= 0.3 is 0 Å². The van der Waals surface area contributed by atoms with Crippen LogP contribution in [0.15, 0.2) is 29.2 Å². The third kappa shape index (κ3) is 3.27. The molecule has 0 aliphatic rings. The van der Waals surface area contributed by atoms with Crippen LogP contribution in [0, 0.1) is 0 Å². The summed E-state index contributed by atoms with van der Waals surface area (Å²) in [6.07, 6.45) is 2.66. The summed E-state index contributed by atoms with van der Waals surface area (Å²) in [7, 11) is -3.12. The number of aromatic nitrogens is 2. The van der Waals surface area contributed by atoms with E-state index in [4.69, 9.17) is 5.73 Å². The summed E-state index contributed by atoms with van der Waals surface area (Å²) in [6, 6.07) is 6.86. The maximum atomic E-state index is 11.3. The second-order valence-electron chi connectivity index (χ2n) is 3.96. The first-order valence-electron chi connectivity index (χ1n) is 5.32. The number of nitrogens with zero attached hydrogens (tertiary/aromatic N) is 2. The third-order valence-electron chi connectivity index (χ3n) is 2.47. The zero-order valence-corrected chi connectivity index (χ0v) is 11.5. The average molecular weight is 283 g/mol. The Bertz CT molecular complexity index is 633. The summed E-state index contributed by atoms with van der Waals surface area (Å²) in [5, 5.41) is 0.470. The topological polar surface area (TPSA) is 85.9 Å². The molecule has 0 unspecified atom stereocenters. The Morgan fingerprint density at radius 3 is 2.39 bits per heavy atom. The number of nitrogens with two attached hydrogens (primary N) is 1. The summed E-state index contributed by atoms with van der Waals surface area (Å²) >= 11 is 1.18. The Hall–Kier alpha value is -1.47. The van der Waals surface area contributed by atoms with E-state index in [2.05, 4.69) is 9.36 Å². The molecule has 1 heterocycles. The third-order valence-corrected chi connectivity index (χ3v) is 4.18. The lowest BCUT2D eigenvalue weighted by Crippen LogP contribution is -1.98.